The van der Waals surface area contributed by atoms with Crippen molar-refractivity contribution in [3.63, 3.8) is 0 Å². The van der Waals surface area contributed by atoms with E-state index >= 15 is 0 Å². The van der Waals surface area contributed by atoms with Crippen LogP contribution in [0.15, 0.2) is 24.3 Å². The van der Waals surface area contributed by atoms with Crippen molar-refractivity contribution in [3.8, 4) is 5.75 Å². The summed E-state index contributed by atoms with van der Waals surface area (Å²) < 4.78 is 4.90. The van der Waals surface area contributed by atoms with Crippen LogP contribution in [0, 0.1) is 0 Å². The normalized spacial score (nSPS) is 8.09. The minimum absolute atomic E-state index is 0. The molecule has 0 fully saturated rings. The lowest BCUT2D eigenvalue weighted by Crippen LogP contribution is -1.82. The maximum absolute atomic E-state index is 10.2. The van der Waals surface area contributed by atoms with Crippen LogP contribution in [0.3, 0.4) is 0 Å². The van der Waals surface area contributed by atoms with Gasteiger partial charge in [0.15, 0.2) is 0 Å². The van der Waals surface area contributed by atoms with Crippen molar-refractivity contribution in [1.29, 1.82) is 0 Å². The average Bonchev–Trinajstić information content (AvgIpc) is 2.05. The first-order valence-corrected chi connectivity index (χ1v) is 2.96. The smallest absolute Gasteiger partial charge is 0.150 e. The van der Waals surface area contributed by atoms with Gasteiger partial charge in [-0.2, -0.15) is 0 Å². The van der Waals surface area contributed by atoms with Gasteiger partial charge in [-0.3, -0.25) is 4.79 Å². The van der Waals surface area contributed by atoms with Crippen LogP contribution < -0.4 is 10.9 Å². The lowest BCUT2D eigenvalue weighted by Gasteiger charge is -1.96. The van der Waals surface area contributed by atoms with Gasteiger partial charge in [0.2, 0.25) is 0 Å². The predicted octanol–water partition coefficient (Wildman–Crippen LogP) is 1.67. The summed E-state index contributed by atoms with van der Waals surface area (Å²) in [6, 6.07) is 6.94. The van der Waals surface area contributed by atoms with Gasteiger partial charge in [0, 0.05) is 5.56 Å². The molecule has 0 heterocycles. The third kappa shape index (κ3) is 2.39. The van der Waals surface area contributed by atoms with Gasteiger partial charge in [-0.25, -0.2) is 0 Å². The van der Waals surface area contributed by atoms with Gasteiger partial charge in [0.05, 0.1) is 7.11 Å². The molecule has 3 heteroatoms. The molecular weight excluding hydrogens is 142 g/mol. The SMILES string of the molecule is COc1ccc(C=O)cc1.N. The molecule has 1 aromatic carbocycles. The molecule has 0 unspecified atom stereocenters. The second-order valence-electron chi connectivity index (χ2n) is 1.89. The minimum atomic E-state index is 0. The Balaban J connectivity index is 0.000001000. The number of rotatable bonds is 2. The Morgan fingerprint density at radius 2 is 1.82 bits per heavy atom. The van der Waals surface area contributed by atoms with E-state index in [0.717, 1.165) is 12.0 Å². The van der Waals surface area contributed by atoms with E-state index in [2.05, 4.69) is 0 Å². The van der Waals surface area contributed by atoms with Crippen molar-refractivity contribution in [1.82, 2.24) is 6.15 Å². The van der Waals surface area contributed by atoms with Crippen molar-refractivity contribution in [2.75, 3.05) is 7.11 Å². The molecule has 0 aliphatic rings. The van der Waals surface area contributed by atoms with E-state index in [-0.39, 0.29) is 6.15 Å². The van der Waals surface area contributed by atoms with Crippen LogP contribution in [0.2, 0.25) is 0 Å². The van der Waals surface area contributed by atoms with Gasteiger partial charge in [0.25, 0.3) is 0 Å². The van der Waals surface area contributed by atoms with Gasteiger partial charge < -0.3 is 10.9 Å². The maximum atomic E-state index is 10.2. The largest absolute Gasteiger partial charge is 0.497 e. The molecule has 0 radical (unpaired) electrons. The van der Waals surface area contributed by atoms with Gasteiger partial charge >= 0.3 is 0 Å². The van der Waals surface area contributed by atoms with E-state index in [4.69, 9.17) is 4.74 Å². The van der Waals surface area contributed by atoms with Crippen LogP contribution in [0.1, 0.15) is 10.4 Å². The summed E-state index contributed by atoms with van der Waals surface area (Å²) in [5.41, 5.74) is 0.667. The second kappa shape index (κ2) is 4.46. The van der Waals surface area contributed by atoms with Gasteiger partial charge in [-0.05, 0) is 24.3 Å². The number of aldehydes is 1. The molecule has 11 heavy (non-hydrogen) atoms. The molecule has 0 bridgehead atoms. The third-order valence-corrected chi connectivity index (χ3v) is 1.25. The molecular formula is C8H11NO2. The number of benzene rings is 1. The molecule has 0 aromatic heterocycles. The molecule has 1 aromatic rings. The molecule has 0 saturated carbocycles. The first-order valence-electron chi connectivity index (χ1n) is 2.96. The number of ether oxygens (including phenoxy) is 1. The molecule has 0 spiro atoms. The molecule has 3 N–H and O–H groups in total. The summed E-state index contributed by atoms with van der Waals surface area (Å²) in [4.78, 5) is 10.2. The summed E-state index contributed by atoms with van der Waals surface area (Å²) in [6.07, 6.45) is 0.805. The van der Waals surface area contributed by atoms with Gasteiger partial charge in [-0.15, -0.1) is 0 Å². The molecule has 0 aliphatic heterocycles. The Morgan fingerprint density at radius 3 is 2.18 bits per heavy atom. The van der Waals surface area contributed by atoms with Crippen LogP contribution >= 0.6 is 0 Å². The fourth-order valence-corrected chi connectivity index (χ4v) is 0.682. The molecule has 0 amide bonds. The summed E-state index contributed by atoms with van der Waals surface area (Å²) in [6.45, 7) is 0. The van der Waals surface area contributed by atoms with Crippen molar-refractivity contribution in [2.24, 2.45) is 0 Å². The number of carbonyl (C=O) groups excluding carboxylic acids is 1. The topological polar surface area (TPSA) is 61.3 Å². The van der Waals surface area contributed by atoms with Crippen LogP contribution in [0.25, 0.3) is 0 Å². The highest BCUT2D eigenvalue weighted by Crippen LogP contribution is 2.09. The molecule has 0 aliphatic carbocycles. The maximum Gasteiger partial charge on any atom is 0.150 e. The van der Waals surface area contributed by atoms with Crippen LogP contribution in [0.5, 0.6) is 5.75 Å². The van der Waals surface area contributed by atoms with Crippen LogP contribution in [-0.4, -0.2) is 13.4 Å². The lowest BCUT2D eigenvalue weighted by molar-refractivity contribution is 0.112. The standard InChI is InChI=1S/C8H8O2.H3N/c1-10-8-4-2-7(6-9)3-5-8;/h2-6H,1H3;1H3. The highest BCUT2D eigenvalue weighted by atomic mass is 16.5. The van der Waals surface area contributed by atoms with E-state index < -0.39 is 0 Å². The summed E-state index contributed by atoms with van der Waals surface area (Å²) in [5, 5.41) is 0. The third-order valence-electron chi connectivity index (χ3n) is 1.25. The van der Waals surface area contributed by atoms with Crippen LogP contribution in [-0.2, 0) is 0 Å². The monoisotopic (exact) mass is 153 g/mol. The number of methoxy groups -OCH3 is 1. The summed E-state index contributed by atoms with van der Waals surface area (Å²) in [7, 11) is 1.59. The number of hydrogen-bond donors (Lipinski definition) is 1. The first-order chi connectivity index (χ1) is 4.86. The van der Waals surface area contributed by atoms with Crippen LogP contribution in [0.4, 0.5) is 0 Å². The molecule has 1 rings (SSSR count). The fourth-order valence-electron chi connectivity index (χ4n) is 0.682. The minimum Gasteiger partial charge on any atom is -0.497 e. The summed E-state index contributed by atoms with van der Waals surface area (Å²) >= 11 is 0. The Bertz CT molecular complexity index is 218. The average molecular weight is 153 g/mol. The first kappa shape index (κ1) is 9.65. The van der Waals surface area contributed by atoms with E-state index in [1.54, 1.807) is 31.4 Å². The Morgan fingerprint density at radius 1 is 1.27 bits per heavy atom. The molecule has 0 saturated heterocycles. The van der Waals surface area contributed by atoms with Gasteiger partial charge in [-0.1, -0.05) is 0 Å². The van der Waals surface area contributed by atoms with Gasteiger partial charge in [0.1, 0.15) is 12.0 Å². The lowest BCUT2D eigenvalue weighted by atomic mass is 10.2. The van der Waals surface area contributed by atoms with Crippen molar-refractivity contribution >= 4 is 6.29 Å². The number of hydrogen-bond acceptors (Lipinski definition) is 3. The predicted molar refractivity (Wildman–Crippen MR) is 43.4 cm³/mol. The fraction of sp³-hybridized carbons (Fsp3) is 0.125. The van der Waals surface area contributed by atoms with E-state index in [0.29, 0.717) is 5.56 Å². The molecule has 60 valence electrons. The van der Waals surface area contributed by atoms with E-state index in [9.17, 15) is 4.79 Å². The zero-order valence-corrected chi connectivity index (χ0v) is 6.41. The highest BCUT2D eigenvalue weighted by molar-refractivity contribution is 5.74. The van der Waals surface area contributed by atoms with Crippen molar-refractivity contribution in [2.45, 2.75) is 0 Å². The van der Waals surface area contributed by atoms with Crippen molar-refractivity contribution in [3.05, 3.63) is 29.8 Å². The zero-order valence-electron chi connectivity index (χ0n) is 6.41. The molecule has 0 atom stereocenters. The summed E-state index contributed by atoms with van der Waals surface area (Å²) in [5.74, 6) is 0.769. The molecule has 3 nitrogen and oxygen atoms in total. The van der Waals surface area contributed by atoms with Crippen molar-refractivity contribution < 1.29 is 9.53 Å². The Kier molecular flexibility index (Phi) is 3.92. The Hall–Kier alpha value is -1.35. The highest BCUT2D eigenvalue weighted by Gasteiger charge is 1.89. The number of carbonyl (C=O) groups is 1. The second-order valence-corrected chi connectivity index (χ2v) is 1.89. The quantitative estimate of drug-likeness (QED) is 0.657. The Labute approximate surface area is 65.6 Å². The van der Waals surface area contributed by atoms with E-state index in [1.165, 1.54) is 0 Å². The zero-order chi connectivity index (χ0) is 7.40. The van der Waals surface area contributed by atoms with E-state index in [1.807, 2.05) is 0 Å².